The second-order valence-corrected chi connectivity index (χ2v) is 8.02. The molecule has 7 nitrogen and oxygen atoms in total. The summed E-state index contributed by atoms with van der Waals surface area (Å²) in [5, 5.41) is 10.7. The molecule has 1 saturated carbocycles. The first-order valence-corrected chi connectivity index (χ1v) is 10.0. The summed E-state index contributed by atoms with van der Waals surface area (Å²) in [4.78, 5) is 29.3. The zero-order chi connectivity index (χ0) is 19.7. The number of methoxy groups -OCH3 is 1. The van der Waals surface area contributed by atoms with E-state index in [1.807, 2.05) is 4.90 Å². The van der Waals surface area contributed by atoms with Crippen LogP contribution >= 0.6 is 0 Å². The van der Waals surface area contributed by atoms with E-state index in [4.69, 9.17) is 9.47 Å². The molecule has 2 saturated heterocycles. The Balaban J connectivity index is 1.47. The molecule has 0 unspecified atom stereocenters. The van der Waals surface area contributed by atoms with Crippen molar-refractivity contribution in [3.63, 3.8) is 0 Å². The number of morpholine rings is 1. The van der Waals surface area contributed by atoms with Gasteiger partial charge in [0, 0.05) is 32.2 Å². The summed E-state index contributed by atoms with van der Waals surface area (Å²) >= 11 is 0. The van der Waals surface area contributed by atoms with E-state index >= 15 is 0 Å². The third kappa shape index (κ3) is 3.66. The summed E-state index contributed by atoms with van der Waals surface area (Å²) in [5.74, 6) is 0.0585. The van der Waals surface area contributed by atoms with Crippen molar-refractivity contribution >= 4 is 11.9 Å². The third-order valence-electron chi connectivity index (χ3n) is 6.47. The minimum atomic E-state index is -0.497. The molecule has 3 aliphatic rings. The zero-order valence-corrected chi connectivity index (χ0v) is 16.3. The van der Waals surface area contributed by atoms with E-state index in [2.05, 4.69) is 4.90 Å². The number of hydrogen-bond acceptors (Lipinski definition) is 6. The molecule has 7 heteroatoms. The third-order valence-corrected chi connectivity index (χ3v) is 6.47. The first-order chi connectivity index (χ1) is 13.6. The van der Waals surface area contributed by atoms with Crippen LogP contribution in [0.25, 0.3) is 0 Å². The number of amides is 1. The van der Waals surface area contributed by atoms with Gasteiger partial charge in [0.15, 0.2) is 0 Å². The van der Waals surface area contributed by atoms with Gasteiger partial charge in [0.05, 0.1) is 37.6 Å². The van der Waals surface area contributed by atoms with Crippen LogP contribution in [0.1, 0.15) is 33.6 Å². The number of carbonyl (C=O) groups excluding carboxylic acids is 2. The molecule has 152 valence electrons. The number of aliphatic hydroxyl groups excluding tert-OH is 1. The second kappa shape index (κ2) is 8.19. The van der Waals surface area contributed by atoms with Crippen molar-refractivity contribution in [1.82, 2.24) is 9.80 Å². The van der Waals surface area contributed by atoms with Crippen molar-refractivity contribution in [3.8, 4) is 0 Å². The average molecular weight is 388 g/mol. The van der Waals surface area contributed by atoms with Gasteiger partial charge < -0.3 is 19.5 Å². The average Bonchev–Trinajstić information content (AvgIpc) is 3.15. The van der Waals surface area contributed by atoms with Crippen molar-refractivity contribution in [3.05, 3.63) is 35.4 Å². The molecule has 1 aromatic carbocycles. The van der Waals surface area contributed by atoms with Crippen molar-refractivity contribution in [1.29, 1.82) is 0 Å². The molecule has 1 amide bonds. The smallest absolute Gasteiger partial charge is 0.338 e. The molecular weight excluding hydrogens is 360 g/mol. The number of ether oxygens (including phenoxy) is 2. The van der Waals surface area contributed by atoms with Gasteiger partial charge in [-0.1, -0.05) is 12.1 Å². The predicted octanol–water partition coefficient (Wildman–Crippen LogP) is 1.02. The summed E-state index contributed by atoms with van der Waals surface area (Å²) in [6, 6.07) is 6.95. The molecule has 28 heavy (non-hydrogen) atoms. The predicted molar refractivity (Wildman–Crippen MR) is 102 cm³/mol. The Labute approximate surface area is 165 Å². The van der Waals surface area contributed by atoms with Crippen LogP contribution in [0.3, 0.4) is 0 Å². The Morgan fingerprint density at radius 3 is 2.39 bits per heavy atom. The fraction of sp³-hybridized carbons (Fsp3) is 0.619. The van der Waals surface area contributed by atoms with Crippen LogP contribution in [-0.2, 0) is 9.47 Å². The lowest BCUT2D eigenvalue weighted by Gasteiger charge is -2.43. The standard InChI is InChI=1S/C21H28N2O5/c1-27-21(26)17-5-3-2-4-16(17)20(25)23-12-14-10-18(19(24)11-15(14)13-23)22-6-8-28-9-7-22/h2-5,14-15,18-19,24H,6-13H2,1H3/t14-,15+,18-,19-/m1/s1. The monoisotopic (exact) mass is 388 g/mol. The van der Waals surface area contributed by atoms with E-state index in [0.717, 1.165) is 25.9 Å². The fourth-order valence-electron chi connectivity index (χ4n) is 5.00. The number of rotatable bonds is 3. The highest BCUT2D eigenvalue weighted by Crippen LogP contribution is 2.39. The minimum Gasteiger partial charge on any atom is -0.465 e. The maximum Gasteiger partial charge on any atom is 0.338 e. The van der Waals surface area contributed by atoms with Crippen LogP contribution in [0.4, 0.5) is 0 Å². The highest BCUT2D eigenvalue weighted by Gasteiger charge is 2.45. The van der Waals surface area contributed by atoms with Crippen molar-refractivity contribution in [2.75, 3.05) is 46.5 Å². The first-order valence-electron chi connectivity index (χ1n) is 10.0. The van der Waals surface area contributed by atoms with E-state index in [0.29, 0.717) is 49.3 Å². The Morgan fingerprint density at radius 1 is 1.07 bits per heavy atom. The zero-order valence-electron chi connectivity index (χ0n) is 16.3. The first kappa shape index (κ1) is 19.4. The van der Waals surface area contributed by atoms with Gasteiger partial charge in [0.25, 0.3) is 5.91 Å². The number of carbonyl (C=O) groups is 2. The van der Waals surface area contributed by atoms with Gasteiger partial charge in [-0.25, -0.2) is 4.79 Å². The summed E-state index contributed by atoms with van der Waals surface area (Å²) < 4.78 is 10.3. The molecule has 0 spiro atoms. The lowest BCUT2D eigenvalue weighted by atomic mass is 9.77. The van der Waals surface area contributed by atoms with E-state index < -0.39 is 5.97 Å². The lowest BCUT2D eigenvalue weighted by molar-refractivity contribution is -0.0520. The molecule has 0 aromatic heterocycles. The van der Waals surface area contributed by atoms with Crippen LogP contribution in [-0.4, -0.2) is 85.4 Å². The van der Waals surface area contributed by atoms with Gasteiger partial charge in [-0.2, -0.15) is 0 Å². The highest BCUT2D eigenvalue weighted by molar-refractivity contribution is 6.05. The van der Waals surface area contributed by atoms with Crippen LogP contribution in [0.15, 0.2) is 24.3 Å². The van der Waals surface area contributed by atoms with Gasteiger partial charge in [0.1, 0.15) is 0 Å². The Morgan fingerprint density at radius 2 is 1.71 bits per heavy atom. The number of esters is 1. The van der Waals surface area contributed by atoms with Crippen LogP contribution in [0, 0.1) is 11.8 Å². The van der Waals surface area contributed by atoms with E-state index in [1.165, 1.54) is 7.11 Å². The molecule has 3 fully saturated rings. The number of hydrogen-bond donors (Lipinski definition) is 1. The Bertz CT molecular complexity index is 733. The van der Waals surface area contributed by atoms with Gasteiger partial charge in [0.2, 0.25) is 0 Å². The molecule has 1 N–H and O–H groups in total. The molecule has 4 atom stereocenters. The van der Waals surface area contributed by atoms with Crippen molar-refractivity contribution in [2.24, 2.45) is 11.8 Å². The van der Waals surface area contributed by atoms with Crippen LogP contribution in [0.5, 0.6) is 0 Å². The molecule has 4 rings (SSSR count). The molecule has 0 bridgehead atoms. The van der Waals surface area contributed by atoms with Crippen molar-refractivity contribution < 1.29 is 24.2 Å². The number of benzene rings is 1. The Hall–Kier alpha value is -1.96. The highest BCUT2D eigenvalue weighted by atomic mass is 16.5. The minimum absolute atomic E-state index is 0.132. The van der Waals surface area contributed by atoms with Gasteiger partial charge in [-0.15, -0.1) is 0 Å². The lowest BCUT2D eigenvalue weighted by Crippen LogP contribution is -2.53. The molecule has 2 heterocycles. The maximum absolute atomic E-state index is 13.1. The Kier molecular flexibility index (Phi) is 5.66. The SMILES string of the molecule is COC(=O)c1ccccc1C(=O)N1C[C@H]2C[C@@H](N3CCOCC3)[C@H](O)C[C@H]2C1. The van der Waals surface area contributed by atoms with Crippen LogP contribution in [0.2, 0.25) is 0 Å². The fourth-order valence-corrected chi connectivity index (χ4v) is 5.00. The van der Waals surface area contributed by atoms with Crippen molar-refractivity contribution in [2.45, 2.75) is 25.0 Å². The van der Waals surface area contributed by atoms with Gasteiger partial charge in [-0.05, 0) is 36.8 Å². The van der Waals surface area contributed by atoms with Gasteiger partial charge in [-0.3, -0.25) is 9.69 Å². The molecule has 1 aliphatic carbocycles. The number of fused-ring (bicyclic) bond motifs is 1. The molecule has 2 aliphatic heterocycles. The molecular formula is C21H28N2O5. The quantitative estimate of drug-likeness (QED) is 0.779. The summed E-state index contributed by atoms with van der Waals surface area (Å²) in [6.45, 7) is 4.44. The second-order valence-electron chi connectivity index (χ2n) is 8.02. The normalized spacial score (nSPS) is 30.7. The number of nitrogens with zero attached hydrogens (tertiary/aromatic N) is 2. The molecule has 0 radical (unpaired) electrons. The number of likely N-dealkylation sites (tertiary alicyclic amines) is 1. The summed E-state index contributed by atoms with van der Waals surface area (Å²) in [7, 11) is 1.32. The largest absolute Gasteiger partial charge is 0.465 e. The maximum atomic E-state index is 13.1. The van der Waals surface area contributed by atoms with E-state index in [1.54, 1.807) is 24.3 Å². The van der Waals surface area contributed by atoms with Crippen LogP contribution < -0.4 is 0 Å². The summed E-state index contributed by atoms with van der Waals surface area (Å²) in [6.07, 6.45) is 1.25. The van der Waals surface area contributed by atoms with E-state index in [9.17, 15) is 14.7 Å². The summed E-state index contributed by atoms with van der Waals surface area (Å²) in [5.41, 5.74) is 0.689. The number of aliphatic hydroxyl groups is 1. The molecule has 1 aromatic rings. The van der Waals surface area contributed by atoms with E-state index in [-0.39, 0.29) is 18.1 Å². The van der Waals surface area contributed by atoms with Gasteiger partial charge >= 0.3 is 5.97 Å². The topological polar surface area (TPSA) is 79.3 Å².